The van der Waals surface area contributed by atoms with Crippen molar-refractivity contribution in [1.29, 1.82) is 0 Å². The minimum atomic E-state index is -0.222. The number of likely N-dealkylation sites (N-methyl/N-ethyl adjacent to an activating group) is 1. The van der Waals surface area contributed by atoms with Crippen molar-refractivity contribution in [3.05, 3.63) is 35.6 Å². The van der Waals surface area contributed by atoms with Crippen molar-refractivity contribution < 1.29 is 9.13 Å². The van der Waals surface area contributed by atoms with E-state index in [0.717, 1.165) is 57.3 Å². The van der Waals surface area contributed by atoms with Crippen LogP contribution < -0.4 is 5.32 Å². The molecular weight excluding hydrogens is 369 g/mol. The third kappa shape index (κ3) is 5.90. The van der Waals surface area contributed by atoms with Crippen molar-refractivity contribution >= 4 is 5.96 Å². The van der Waals surface area contributed by atoms with E-state index < -0.39 is 0 Å². The van der Waals surface area contributed by atoms with E-state index in [0.29, 0.717) is 12.6 Å². The number of nitrogens with one attached hydrogen (secondary N) is 1. The summed E-state index contributed by atoms with van der Waals surface area (Å²) in [5, 5.41) is 3.57. The van der Waals surface area contributed by atoms with Gasteiger partial charge in [-0.05, 0) is 38.1 Å². The smallest absolute Gasteiger partial charge is 0.193 e. The fourth-order valence-electron chi connectivity index (χ4n) is 4.21. The van der Waals surface area contributed by atoms with Gasteiger partial charge in [-0.25, -0.2) is 4.39 Å². The Bertz CT molecular complexity index is 660. The van der Waals surface area contributed by atoms with Crippen molar-refractivity contribution in [2.45, 2.75) is 39.0 Å². The molecule has 2 aliphatic rings. The first-order valence-electron chi connectivity index (χ1n) is 10.8. The standard InChI is InChI=1S/C22H36FN5O/c1-5-26-10-12-27(13-11-26)17(2)14-25-22(24-4)28-15-18(3)29-21(16-28)19-6-8-20(23)9-7-19/h6-9,17-18,21H,5,10-16H2,1-4H3,(H,24,25). The quantitative estimate of drug-likeness (QED) is 0.601. The molecule has 3 unspecified atom stereocenters. The maximum absolute atomic E-state index is 13.3. The van der Waals surface area contributed by atoms with Gasteiger partial charge in [0.25, 0.3) is 0 Å². The minimum absolute atomic E-state index is 0.0805. The first kappa shape index (κ1) is 22.0. The molecule has 1 aromatic carbocycles. The molecule has 2 heterocycles. The van der Waals surface area contributed by atoms with E-state index in [1.807, 2.05) is 19.2 Å². The second-order valence-electron chi connectivity index (χ2n) is 8.14. The van der Waals surface area contributed by atoms with Crippen molar-refractivity contribution in [3.8, 4) is 0 Å². The molecule has 0 saturated carbocycles. The predicted octanol–water partition coefficient (Wildman–Crippen LogP) is 2.19. The summed E-state index contributed by atoms with van der Waals surface area (Å²) >= 11 is 0. The van der Waals surface area contributed by atoms with Gasteiger partial charge < -0.3 is 19.9 Å². The van der Waals surface area contributed by atoms with E-state index in [1.54, 1.807) is 0 Å². The highest BCUT2D eigenvalue weighted by molar-refractivity contribution is 5.80. The zero-order chi connectivity index (χ0) is 20.8. The number of piperazine rings is 1. The molecule has 162 valence electrons. The summed E-state index contributed by atoms with van der Waals surface area (Å²) in [5.41, 5.74) is 1.00. The summed E-state index contributed by atoms with van der Waals surface area (Å²) < 4.78 is 19.4. The van der Waals surface area contributed by atoms with E-state index in [4.69, 9.17) is 4.74 Å². The molecule has 0 aliphatic carbocycles. The zero-order valence-electron chi connectivity index (χ0n) is 18.3. The van der Waals surface area contributed by atoms with Crippen molar-refractivity contribution in [2.24, 2.45) is 4.99 Å². The monoisotopic (exact) mass is 405 g/mol. The average molecular weight is 406 g/mol. The maximum Gasteiger partial charge on any atom is 0.193 e. The van der Waals surface area contributed by atoms with Gasteiger partial charge in [0.05, 0.1) is 12.6 Å². The van der Waals surface area contributed by atoms with Gasteiger partial charge in [0, 0.05) is 52.4 Å². The van der Waals surface area contributed by atoms with Crippen molar-refractivity contribution in [3.63, 3.8) is 0 Å². The lowest BCUT2D eigenvalue weighted by Crippen LogP contribution is -2.55. The molecule has 3 atom stereocenters. The largest absolute Gasteiger partial charge is 0.367 e. The Morgan fingerprint density at radius 1 is 1.21 bits per heavy atom. The van der Waals surface area contributed by atoms with Gasteiger partial charge in [0.2, 0.25) is 0 Å². The van der Waals surface area contributed by atoms with E-state index in [1.165, 1.54) is 12.1 Å². The summed E-state index contributed by atoms with van der Waals surface area (Å²) in [7, 11) is 1.83. The summed E-state index contributed by atoms with van der Waals surface area (Å²) in [6.45, 7) is 14.6. The Kier molecular flexibility index (Phi) is 7.86. The minimum Gasteiger partial charge on any atom is -0.367 e. The second kappa shape index (κ2) is 10.4. The molecule has 2 fully saturated rings. The Morgan fingerprint density at radius 2 is 1.90 bits per heavy atom. The number of guanidine groups is 1. The Hall–Kier alpha value is -1.70. The molecule has 6 nitrogen and oxygen atoms in total. The number of morpholine rings is 1. The van der Waals surface area contributed by atoms with Crippen LogP contribution in [0.4, 0.5) is 4.39 Å². The normalized spacial score (nSPS) is 25.8. The molecule has 2 saturated heterocycles. The van der Waals surface area contributed by atoms with Gasteiger partial charge in [-0.2, -0.15) is 0 Å². The summed E-state index contributed by atoms with van der Waals surface area (Å²) in [6, 6.07) is 7.07. The van der Waals surface area contributed by atoms with Crippen LogP contribution >= 0.6 is 0 Å². The lowest BCUT2D eigenvalue weighted by molar-refractivity contribution is -0.0605. The molecule has 0 amide bonds. The van der Waals surface area contributed by atoms with E-state index in [2.05, 4.69) is 45.8 Å². The summed E-state index contributed by atoms with van der Waals surface area (Å²) in [6.07, 6.45) is -0.00524. The van der Waals surface area contributed by atoms with Crippen LogP contribution in [0.25, 0.3) is 0 Å². The average Bonchev–Trinajstić information content (AvgIpc) is 2.74. The fraction of sp³-hybridized carbons (Fsp3) is 0.682. The molecule has 7 heteroatoms. The molecule has 0 aromatic heterocycles. The topological polar surface area (TPSA) is 43.3 Å². The first-order chi connectivity index (χ1) is 14.0. The fourth-order valence-corrected chi connectivity index (χ4v) is 4.21. The van der Waals surface area contributed by atoms with Gasteiger partial charge >= 0.3 is 0 Å². The lowest BCUT2D eigenvalue weighted by atomic mass is 10.1. The van der Waals surface area contributed by atoms with Crippen LogP contribution in [-0.4, -0.2) is 92.2 Å². The first-order valence-corrected chi connectivity index (χ1v) is 10.8. The number of hydrogen-bond donors (Lipinski definition) is 1. The van der Waals surface area contributed by atoms with Crippen LogP contribution in [-0.2, 0) is 4.74 Å². The molecule has 0 spiro atoms. The van der Waals surface area contributed by atoms with Crippen molar-refractivity contribution in [1.82, 2.24) is 20.0 Å². The molecule has 29 heavy (non-hydrogen) atoms. The van der Waals surface area contributed by atoms with Crippen LogP contribution in [0.3, 0.4) is 0 Å². The number of aliphatic imine (C=N–C) groups is 1. The number of ether oxygens (including phenoxy) is 1. The van der Waals surface area contributed by atoms with Gasteiger partial charge in [-0.15, -0.1) is 0 Å². The van der Waals surface area contributed by atoms with Gasteiger partial charge in [0.1, 0.15) is 11.9 Å². The maximum atomic E-state index is 13.3. The second-order valence-corrected chi connectivity index (χ2v) is 8.14. The molecule has 2 aliphatic heterocycles. The van der Waals surface area contributed by atoms with Crippen LogP contribution in [0.15, 0.2) is 29.3 Å². The highest BCUT2D eigenvalue weighted by Gasteiger charge is 2.29. The van der Waals surface area contributed by atoms with Crippen LogP contribution in [0.2, 0.25) is 0 Å². The Labute approximate surface area is 174 Å². The van der Waals surface area contributed by atoms with Crippen molar-refractivity contribution in [2.75, 3.05) is 59.4 Å². The molecule has 0 bridgehead atoms. The van der Waals surface area contributed by atoms with Gasteiger partial charge in [-0.1, -0.05) is 19.1 Å². The molecule has 3 rings (SSSR count). The Morgan fingerprint density at radius 3 is 2.52 bits per heavy atom. The van der Waals surface area contributed by atoms with E-state index in [-0.39, 0.29) is 18.0 Å². The molecule has 1 N–H and O–H groups in total. The lowest BCUT2D eigenvalue weighted by Gasteiger charge is -2.40. The van der Waals surface area contributed by atoms with Crippen LogP contribution in [0.1, 0.15) is 32.4 Å². The number of halogens is 1. The number of nitrogens with zero attached hydrogens (tertiary/aromatic N) is 4. The molecular formula is C22H36FN5O. The zero-order valence-corrected chi connectivity index (χ0v) is 18.3. The summed E-state index contributed by atoms with van der Waals surface area (Å²) in [5.74, 6) is 0.687. The number of hydrogen-bond acceptors (Lipinski definition) is 4. The third-order valence-corrected chi connectivity index (χ3v) is 6.05. The predicted molar refractivity (Wildman–Crippen MR) is 116 cm³/mol. The van der Waals surface area contributed by atoms with E-state index in [9.17, 15) is 4.39 Å². The third-order valence-electron chi connectivity index (χ3n) is 6.05. The van der Waals surface area contributed by atoms with Crippen LogP contribution in [0, 0.1) is 5.82 Å². The Balaban J connectivity index is 1.55. The highest BCUT2D eigenvalue weighted by atomic mass is 19.1. The number of rotatable bonds is 5. The molecule has 1 aromatic rings. The van der Waals surface area contributed by atoms with Gasteiger partial charge in [-0.3, -0.25) is 9.89 Å². The highest BCUT2D eigenvalue weighted by Crippen LogP contribution is 2.25. The molecule has 0 radical (unpaired) electrons. The van der Waals surface area contributed by atoms with Gasteiger partial charge in [0.15, 0.2) is 5.96 Å². The SMILES string of the molecule is CCN1CCN(C(C)CNC(=NC)N2CC(C)OC(c3ccc(F)cc3)C2)CC1. The van der Waals surface area contributed by atoms with Crippen LogP contribution in [0.5, 0.6) is 0 Å². The number of benzene rings is 1. The van der Waals surface area contributed by atoms with E-state index >= 15 is 0 Å². The summed E-state index contributed by atoms with van der Waals surface area (Å²) in [4.78, 5) is 11.8.